The van der Waals surface area contributed by atoms with Crippen LogP contribution < -0.4 is 10.6 Å². The molecule has 1 radical (unpaired) electrons. The third kappa shape index (κ3) is 7.96. The summed E-state index contributed by atoms with van der Waals surface area (Å²) in [6, 6.07) is 15.3. The molecule has 0 saturated carbocycles. The van der Waals surface area contributed by atoms with Crippen LogP contribution in [0.4, 0.5) is 0 Å². The van der Waals surface area contributed by atoms with E-state index in [9.17, 15) is 19.2 Å². The number of nitrogens with zero attached hydrogens (tertiary/aromatic N) is 1. The fourth-order valence-electron chi connectivity index (χ4n) is 4.78. The maximum Gasteiger partial charge on any atom is 0.310 e. The van der Waals surface area contributed by atoms with Crippen molar-refractivity contribution in [2.45, 2.75) is 71.1 Å². The Balaban J connectivity index is 0.00000420. The van der Waals surface area contributed by atoms with Crippen LogP contribution in [0.5, 0.6) is 0 Å². The second-order valence-electron chi connectivity index (χ2n) is 10.1. The Bertz CT molecular complexity index is 1170. The van der Waals surface area contributed by atoms with Crippen LogP contribution in [0, 0.1) is 18.9 Å². The van der Waals surface area contributed by atoms with E-state index in [0.29, 0.717) is 24.9 Å². The number of hydrogen-bond acceptors (Lipinski definition) is 6. The average Bonchev–Trinajstić information content (AvgIpc) is 3.52. The van der Waals surface area contributed by atoms with Crippen molar-refractivity contribution in [1.29, 1.82) is 0 Å². The smallest absolute Gasteiger partial charge is 0.310 e. The Hall–Kier alpha value is -2.62. The molecule has 3 unspecified atom stereocenters. The van der Waals surface area contributed by atoms with Crippen LogP contribution in [0.1, 0.15) is 54.6 Å². The molecule has 2 fully saturated rings. The van der Waals surface area contributed by atoms with E-state index in [1.165, 1.54) is 4.90 Å². The van der Waals surface area contributed by atoms with E-state index >= 15 is 0 Å². The Morgan fingerprint density at radius 2 is 1.92 bits per heavy atom. The molecule has 2 aliphatic rings. The third-order valence-corrected chi connectivity index (χ3v) is 6.81. The van der Waals surface area contributed by atoms with Gasteiger partial charge in [-0.2, -0.15) is 29.8 Å². The number of rotatable bonds is 9. The Kier molecular flexibility index (Phi) is 11.2. The van der Waals surface area contributed by atoms with Gasteiger partial charge in [0.1, 0.15) is 18.1 Å². The zero-order valence-electron chi connectivity index (χ0n) is 22.5. The molecule has 2 aliphatic heterocycles. The number of likely N-dealkylation sites (tertiary alicyclic amines) is 1. The van der Waals surface area contributed by atoms with E-state index in [1.807, 2.05) is 51.1 Å². The van der Waals surface area contributed by atoms with Crippen molar-refractivity contribution in [3.8, 4) is 0 Å². The number of carbonyl (C=O) groups excluding carboxylic acids is 4. The maximum absolute atomic E-state index is 13.6. The summed E-state index contributed by atoms with van der Waals surface area (Å²) in [5.41, 5.74) is 2.18. The van der Waals surface area contributed by atoms with Crippen molar-refractivity contribution in [3.05, 3.63) is 71.3 Å². The SMILES string of the molecule is Cc1[c-]ccc(C(=O)N[C@H](C(=O)N2CCCC2C(=O)NC2CC(=O)OC2OCc2ccccc2)C(C)C)c1.[Y]. The van der Waals surface area contributed by atoms with Crippen LogP contribution in [0.25, 0.3) is 0 Å². The molecule has 10 heteroatoms. The van der Waals surface area contributed by atoms with Gasteiger partial charge in [-0.3, -0.25) is 19.2 Å². The average molecular weight is 610 g/mol. The summed E-state index contributed by atoms with van der Waals surface area (Å²) in [7, 11) is 0. The molecule has 4 atom stereocenters. The van der Waals surface area contributed by atoms with Gasteiger partial charge in [0.25, 0.3) is 0 Å². The van der Waals surface area contributed by atoms with Crippen LogP contribution >= 0.6 is 0 Å². The minimum absolute atomic E-state index is 0. The second kappa shape index (κ2) is 14.1. The molecule has 39 heavy (non-hydrogen) atoms. The fourth-order valence-corrected chi connectivity index (χ4v) is 4.78. The first kappa shape index (κ1) is 30.9. The van der Waals surface area contributed by atoms with Gasteiger partial charge in [-0.1, -0.05) is 56.7 Å². The normalized spacial score (nSPS) is 21.2. The van der Waals surface area contributed by atoms with Gasteiger partial charge in [-0.05, 0) is 24.3 Å². The summed E-state index contributed by atoms with van der Waals surface area (Å²) in [6.07, 6.45) is 0.224. The number of hydrogen-bond donors (Lipinski definition) is 2. The van der Waals surface area contributed by atoms with E-state index in [1.54, 1.807) is 18.2 Å². The summed E-state index contributed by atoms with van der Waals surface area (Å²) >= 11 is 0. The molecule has 0 aromatic heterocycles. The molecule has 0 bridgehead atoms. The van der Waals surface area contributed by atoms with Crippen LogP contribution in [-0.2, 0) is 63.2 Å². The number of amides is 3. The van der Waals surface area contributed by atoms with Crippen LogP contribution in [-0.4, -0.2) is 59.6 Å². The number of cyclic esters (lactones) is 1. The zero-order valence-corrected chi connectivity index (χ0v) is 25.4. The fraction of sp³-hybridized carbons (Fsp3) is 0.448. The van der Waals surface area contributed by atoms with Gasteiger partial charge in [0, 0.05) is 39.3 Å². The minimum Gasteiger partial charge on any atom is -0.433 e. The largest absolute Gasteiger partial charge is 0.433 e. The Morgan fingerprint density at radius 3 is 2.62 bits per heavy atom. The molecule has 3 amide bonds. The van der Waals surface area contributed by atoms with Crippen molar-refractivity contribution in [2.75, 3.05) is 6.54 Å². The summed E-state index contributed by atoms with van der Waals surface area (Å²) in [5, 5.41) is 5.72. The van der Waals surface area contributed by atoms with Crippen molar-refractivity contribution in [3.63, 3.8) is 0 Å². The molecule has 2 aromatic carbocycles. The monoisotopic (exact) mass is 609 g/mol. The predicted molar refractivity (Wildman–Crippen MR) is 139 cm³/mol. The Morgan fingerprint density at radius 1 is 1.18 bits per heavy atom. The molecule has 9 nitrogen and oxygen atoms in total. The summed E-state index contributed by atoms with van der Waals surface area (Å²) < 4.78 is 11.1. The number of carbonyl (C=O) groups is 4. The van der Waals surface area contributed by atoms with E-state index in [-0.39, 0.29) is 69.4 Å². The zero-order chi connectivity index (χ0) is 27.2. The third-order valence-electron chi connectivity index (χ3n) is 6.81. The van der Waals surface area contributed by atoms with E-state index in [0.717, 1.165) is 11.1 Å². The minimum atomic E-state index is -0.911. The first-order valence-electron chi connectivity index (χ1n) is 13.0. The van der Waals surface area contributed by atoms with Gasteiger partial charge in [-0.25, -0.2) is 0 Å². The topological polar surface area (TPSA) is 114 Å². The van der Waals surface area contributed by atoms with Crippen molar-refractivity contribution in [2.24, 2.45) is 5.92 Å². The molecular weight excluding hydrogens is 575 g/mol. The number of benzene rings is 2. The van der Waals surface area contributed by atoms with Crippen LogP contribution in [0.15, 0.2) is 48.5 Å². The van der Waals surface area contributed by atoms with E-state index < -0.39 is 30.4 Å². The second-order valence-corrected chi connectivity index (χ2v) is 10.1. The van der Waals surface area contributed by atoms with Gasteiger partial charge in [0.15, 0.2) is 0 Å². The quantitative estimate of drug-likeness (QED) is 0.334. The molecule has 4 rings (SSSR count). The number of esters is 1. The molecular formula is C29H34N3O6Y-. The van der Waals surface area contributed by atoms with Gasteiger partial charge in [0.2, 0.25) is 24.0 Å². The number of nitrogens with one attached hydrogen (secondary N) is 2. The van der Waals surface area contributed by atoms with E-state index in [2.05, 4.69) is 16.7 Å². The first-order chi connectivity index (χ1) is 18.2. The predicted octanol–water partition coefficient (Wildman–Crippen LogP) is 2.51. The summed E-state index contributed by atoms with van der Waals surface area (Å²) in [6.45, 7) is 6.19. The standard InChI is InChI=1S/C29H34N3O6.Y/c1-18(2)25(31-26(34)21-12-7-9-19(3)15-21)28(36)32-14-8-13-23(32)27(35)30-22-16-24(33)38-29(22)37-17-20-10-5-4-6-11-20;/h4-7,10-12,15,18,22-23,25,29H,8,13-14,16-17H2,1-3H3,(H,30,35)(H,31,34);/q-1;/t22?,23?,25-,29?;/m0./s1. The molecule has 2 N–H and O–H groups in total. The maximum atomic E-state index is 13.6. The molecule has 2 heterocycles. The molecule has 2 aromatic rings. The van der Waals surface area contributed by atoms with Gasteiger partial charge < -0.3 is 25.0 Å². The van der Waals surface area contributed by atoms with Crippen molar-refractivity contribution >= 4 is 23.7 Å². The summed E-state index contributed by atoms with van der Waals surface area (Å²) in [5.74, 6) is -1.67. The van der Waals surface area contributed by atoms with Gasteiger partial charge in [-0.15, -0.1) is 0 Å². The molecule has 0 spiro atoms. The van der Waals surface area contributed by atoms with Gasteiger partial charge >= 0.3 is 5.97 Å². The summed E-state index contributed by atoms with van der Waals surface area (Å²) in [4.78, 5) is 53.3. The molecule has 0 aliphatic carbocycles. The van der Waals surface area contributed by atoms with Gasteiger partial charge in [0.05, 0.1) is 13.0 Å². The van der Waals surface area contributed by atoms with Crippen LogP contribution in [0.3, 0.4) is 0 Å². The molecule has 2 saturated heterocycles. The van der Waals surface area contributed by atoms with Crippen LogP contribution in [0.2, 0.25) is 0 Å². The van der Waals surface area contributed by atoms with Crippen molar-refractivity contribution in [1.82, 2.24) is 15.5 Å². The Labute approximate surface area is 254 Å². The first-order valence-corrected chi connectivity index (χ1v) is 13.0. The number of ether oxygens (including phenoxy) is 2. The number of aryl methyl sites for hydroxylation is 1. The van der Waals surface area contributed by atoms with E-state index in [4.69, 9.17) is 9.47 Å². The van der Waals surface area contributed by atoms with Crippen molar-refractivity contribution < 1.29 is 61.4 Å². The molecule has 205 valence electrons.